The molecule has 0 atom stereocenters. The fourth-order valence-corrected chi connectivity index (χ4v) is 1.97. The molecule has 0 saturated heterocycles. The number of unbranched alkanes of at least 4 members (excludes halogenated alkanes) is 1. The van der Waals surface area contributed by atoms with Crippen molar-refractivity contribution in [2.75, 3.05) is 26.2 Å². The number of aliphatic carboxylic acids is 1. The third kappa shape index (κ3) is 5.90. The van der Waals surface area contributed by atoms with Gasteiger partial charge in [-0.3, -0.25) is 9.59 Å². The summed E-state index contributed by atoms with van der Waals surface area (Å²) < 4.78 is 0. The van der Waals surface area contributed by atoms with E-state index in [0.717, 1.165) is 25.7 Å². The zero-order valence-corrected chi connectivity index (χ0v) is 11.9. The van der Waals surface area contributed by atoms with Gasteiger partial charge in [-0.15, -0.1) is 0 Å². The van der Waals surface area contributed by atoms with E-state index >= 15 is 0 Å². The Morgan fingerprint density at radius 3 is 2.30 bits per heavy atom. The van der Waals surface area contributed by atoms with Crippen LogP contribution in [0.15, 0.2) is 0 Å². The first-order valence-electron chi connectivity index (χ1n) is 6.98. The number of carbonyl (C=O) groups excluding carboxylic acids is 2. The molecule has 20 heavy (non-hydrogen) atoms. The third-order valence-electron chi connectivity index (χ3n) is 3.17. The minimum absolute atomic E-state index is 0.167. The summed E-state index contributed by atoms with van der Waals surface area (Å²) in [5, 5.41) is 8.90. The molecule has 1 aliphatic carbocycles. The van der Waals surface area contributed by atoms with Gasteiger partial charge >= 0.3 is 12.0 Å². The van der Waals surface area contributed by atoms with Gasteiger partial charge in [-0.25, -0.2) is 4.79 Å². The van der Waals surface area contributed by atoms with Gasteiger partial charge in [-0.05, 0) is 25.2 Å². The first kappa shape index (κ1) is 16.3. The van der Waals surface area contributed by atoms with E-state index in [1.807, 2.05) is 6.92 Å². The van der Waals surface area contributed by atoms with Crippen molar-refractivity contribution in [2.24, 2.45) is 11.7 Å². The predicted octanol–water partition coefficient (Wildman–Crippen LogP) is 0.490. The van der Waals surface area contributed by atoms with Gasteiger partial charge in [0.1, 0.15) is 13.1 Å². The van der Waals surface area contributed by atoms with E-state index in [2.05, 4.69) is 0 Å². The number of carboxylic acids is 1. The van der Waals surface area contributed by atoms with Crippen LogP contribution in [-0.2, 0) is 9.59 Å². The van der Waals surface area contributed by atoms with Crippen molar-refractivity contribution in [1.29, 1.82) is 0 Å². The molecule has 0 spiro atoms. The molecule has 0 unspecified atom stereocenters. The fraction of sp³-hybridized carbons (Fsp3) is 0.769. The summed E-state index contributed by atoms with van der Waals surface area (Å²) in [4.78, 5) is 36.9. The van der Waals surface area contributed by atoms with Crippen LogP contribution in [0.3, 0.4) is 0 Å². The lowest BCUT2D eigenvalue weighted by Crippen LogP contribution is -2.49. The van der Waals surface area contributed by atoms with Crippen molar-refractivity contribution in [3.8, 4) is 0 Å². The molecule has 114 valence electrons. The Kier molecular flexibility index (Phi) is 6.27. The van der Waals surface area contributed by atoms with Gasteiger partial charge in [0.25, 0.3) is 0 Å². The van der Waals surface area contributed by atoms with Crippen LogP contribution in [0, 0.1) is 5.92 Å². The maximum Gasteiger partial charge on any atom is 0.323 e. The van der Waals surface area contributed by atoms with Gasteiger partial charge in [0.2, 0.25) is 5.91 Å². The lowest BCUT2D eigenvalue weighted by molar-refractivity contribution is -0.137. The molecule has 0 aromatic carbocycles. The molecule has 0 aromatic heterocycles. The highest BCUT2D eigenvalue weighted by Crippen LogP contribution is 2.30. The monoisotopic (exact) mass is 285 g/mol. The highest BCUT2D eigenvalue weighted by atomic mass is 16.4. The molecule has 1 saturated carbocycles. The Bertz CT molecular complexity index is 369. The number of rotatable bonds is 9. The second-order valence-electron chi connectivity index (χ2n) is 5.24. The predicted molar refractivity (Wildman–Crippen MR) is 73.0 cm³/mol. The number of hydrogen-bond donors (Lipinski definition) is 2. The number of amides is 3. The van der Waals surface area contributed by atoms with Crippen LogP contribution in [0.25, 0.3) is 0 Å². The molecule has 7 heteroatoms. The van der Waals surface area contributed by atoms with E-state index in [1.54, 1.807) is 0 Å². The average Bonchev–Trinajstić information content (AvgIpc) is 3.15. The van der Waals surface area contributed by atoms with Gasteiger partial charge in [-0.1, -0.05) is 13.3 Å². The normalized spacial score (nSPS) is 13.8. The highest BCUT2D eigenvalue weighted by molar-refractivity contribution is 5.85. The largest absolute Gasteiger partial charge is 0.480 e. The van der Waals surface area contributed by atoms with E-state index in [1.165, 1.54) is 9.80 Å². The summed E-state index contributed by atoms with van der Waals surface area (Å²) in [6.07, 6.45) is 3.68. The minimum atomic E-state index is -1.05. The van der Waals surface area contributed by atoms with Crippen molar-refractivity contribution < 1.29 is 19.5 Å². The number of carbonyl (C=O) groups is 3. The lowest BCUT2D eigenvalue weighted by atomic mass is 10.3. The molecule has 0 heterocycles. The molecular formula is C13H23N3O4. The third-order valence-corrected chi connectivity index (χ3v) is 3.17. The molecular weight excluding hydrogens is 262 g/mol. The number of nitrogens with two attached hydrogens (primary N) is 1. The first-order valence-corrected chi connectivity index (χ1v) is 6.98. The molecule has 0 aromatic rings. The van der Waals surface area contributed by atoms with Gasteiger partial charge in [0.05, 0.1) is 0 Å². The van der Waals surface area contributed by atoms with Crippen LogP contribution < -0.4 is 5.73 Å². The Balaban J connectivity index is 2.68. The van der Waals surface area contributed by atoms with Gasteiger partial charge in [0, 0.05) is 13.1 Å². The zero-order valence-electron chi connectivity index (χ0n) is 11.9. The number of urea groups is 1. The Hall–Kier alpha value is -1.79. The van der Waals surface area contributed by atoms with Crippen molar-refractivity contribution in [3.05, 3.63) is 0 Å². The Morgan fingerprint density at radius 2 is 1.85 bits per heavy atom. The van der Waals surface area contributed by atoms with E-state index in [0.29, 0.717) is 19.0 Å². The summed E-state index contributed by atoms with van der Waals surface area (Å²) in [7, 11) is 0. The van der Waals surface area contributed by atoms with E-state index in [4.69, 9.17) is 10.8 Å². The van der Waals surface area contributed by atoms with Crippen LogP contribution >= 0.6 is 0 Å². The van der Waals surface area contributed by atoms with Crippen LogP contribution in [0.4, 0.5) is 4.79 Å². The molecule has 1 rings (SSSR count). The minimum Gasteiger partial charge on any atom is -0.480 e. The standard InChI is InChI=1S/C13H23N3O4/c1-2-3-6-15(8-11(14)17)13(20)16(9-12(18)19)7-10-4-5-10/h10H,2-9H2,1H3,(H2,14,17)(H,18,19). The van der Waals surface area contributed by atoms with Gasteiger partial charge < -0.3 is 20.6 Å². The Labute approximate surface area is 118 Å². The van der Waals surface area contributed by atoms with Crippen LogP contribution in [-0.4, -0.2) is 59.0 Å². The highest BCUT2D eigenvalue weighted by Gasteiger charge is 2.30. The second-order valence-corrected chi connectivity index (χ2v) is 5.24. The molecule has 0 bridgehead atoms. The number of primary amides is 1. The van der Waals surface area contributed by atoms with Crippen molar-refractivity contribution in [2.45, 2.75) is 32.6 Å². The molecule has 0 aliphatic heterocycles. The van der Waals surface area contributed by atoms with Crippen molar-refractivity contribution in [3.63, 3.8) is 0 Å². The van der Waals surface area contributed by atoms with E-state index in [9.17, 15) is 14.4 Å². The zero-order chi connectivity index (χ0) is 15.1. The van der Waals surface area contributed by atoms with E-state index in [-0.39, 0.29) is 13.1 Å². The summed E-state index contributed by atoms with van der Waals surface area (Å²) in [5.41, 5.74) is 5.15. The average molecular weight is 285 g/mol. The summed E-state index contributed by atoms with van der Waals surface area (Å²) >= 11 is 0. The fourth-order valence-electron chi connectivity index (χ4n) is 1.97. The molecule has 7 nitrogen and oxygen atoms in total. The number of hydrogen-bond acceptors (Lipinski definition) is 3. The molecule has 1 aliphatic rings. The molecule has 0 radical (unpaired) electrons. The molecule has 3 N–H and O–H groups in total. The van der Waals surface area contributed by atoms with Gasteiger partial charge in [0.15, 0.2) is 0 Å². The quantitative estimate of drug-likeness (QED) is 0.643. The van der Waals surface area contributed by atoms with Crippen LogP contribution in [0.2, 0.25) is 0 Å². The first-order chi connectivity index (χ1) is 9.43. The SMILES string of the molecule is CCCCN(CC(N)=O)C(=O)N(CC(=O)O)CC1CC1. The topological polar surface area (TPSA) is 104 Å². The summed E-state index contributed by atoms with van der Waals surface area (Å²) in [6, 6.07) is -0.411. The second kappa shape index (κ2) is 7.72. The molecule has 3 amide bonds. The number of nitrogens with zero attached hydrogens (tertiary/aromatic N) is 2. The maximum absolute atomic E-state index is 12.4. The van der Waals surface area contributed by atoms with Crippen molar-refractivity contribution >= 4 is 17.9 Å². The van der Waals surface area contributed by atoms with E-state index < -0.39 is 17.9 Å². The lowest BCUT2D eigenvalue weighted by Gasteiger charge is -2.29. The van der Waals surface area contributed by atoms with Crippen LogP contribution in [0.1, 0.15) is 32.6 Å². The van der Waals surface area contributed by atoms with Gasteiger partial charge in [-0.2, -0.15) is 0 Å². The maximum atomic E-state index is 12.4. The van der Waals surface area contributed by atoms with Crippen molar-refractivity contribution in [1.82, 2.24) is 9.80 Å². The Morgan fingerprint density at radius 1 is 1.20 bits per heavy atom. The number of carboxylic acid groups (broad SMARTS) is 1. The summed E-state index contributed by atoms with van der Waals surface area (Å²) in [5.74, 6) is -1.25. The summed E-state index contributed by atoms with van der Waals surface area (Å²) in [6.45, 7) is 2.33. The van der Waals surface area contributed by atoms with Crippen LogP contribution in [0.5, 0.6) is 0 Å². The smallest absolute Gasteiger partial charge is 0.323 e. The molecule has 1 fully saturated rings.